The van der Waals surface area contributed by atoms with E-state index in [0.29, 0.717) is 6.04 Å². The third-order valence-corrected chi connectivity index (χ3v) is 4.82. The summed E-state index contributed by atoms with van der Waals surface area (Å²) in [6, 6.07) is 7.23. The first kappa shape index (κ1) is 16.5. The standard InChI is InChI=1S/C19H31NO/c1-14-8-9-16(19(3,4)5)12-17(14)18(15(2)13-21)20-10-6-7-11-20/h8-9,12,15,18,21H,6-7,10-11,13H2,1-5H3. The van der Waals surface area contributed by atoms with Crippen molar-refractivity contribution >= 4 is 0 Å². The van der Waals surface area contributed by atoms with Crippen molar-refractivity contribution in [2.75, 3.05) is 19.7 Å². The first-order chi connectivity index (χ1) is 9.84. The van der Waals surface area contributed by atoms with E-state index in [4.69, 9.17) is 0 Å². The highest BCUT2D eigenvalue weighted by Gasteiger charge is 2.29. The zero-order valence-corrected chi connectivity index (χ0v) is 14.3. The Morgan fingerprint density at radius 3 is 2.33 bits per heavy atom. The minimum absolute atomic E-state index is 0.167. The van der Waals surface area contributed by atoms with Crippen LogP contribution in [0.5, 0.6) is 0 Å². The van der Waals surface area contributed by atoms with E-state index in [1.807, 2.05) is 0 Å². The molecule has 118 valence electrons. The summed E-state index contributed by atoms with van der Waals surface area (Å²) in [5.41, 5.74) is 4.31. The molecule has 1 N–H and O–H groups in total. The van der Waals surface area contributed by atoms with E-state index in [2.05, 4.69) is 57.7 Å². The molecule has 1 aliphatic heterocycles. The highest BCUT2D eigenvalue weighted by atomic mass is 16.3. The minimum Gasteiger partial charge on any atom is -0.396 e. The van der Waals surface area contributed by atoms with Crippen molar-refractivity contribution in [3.63, 3.8) is 0 Å². The summed E-state index contributed by atoms with van der Waals surface area (Å²) < 4.78 is 0. The van der Waals surface area contributed by atoms with E-state index in [0.717, 1.165) is 13.1 Å². The van der Waals surface area contributed by atoms with Crippen LogP contribution in [0.15, 0.2) is 18.2 Å². The van der Waals surface area contributed by atoms with Crippen LogP contribution < -0.4 is 0 Å². The first-order valence-corrected chi connectivity index (χ1v) is 8.30. The van der Waals surface area contributed by atoms with Crippen LogP contribution in [-0.2, 0) is 5.41 Å². The van der Waals surface area contributed by atoms with Crippen LogP contribution in [0.1, 0.15) is 63.3 Å². The van der Waals surface area contributed by atoms with Crippen molar-refractivity contribution in [1.29, 1.82) is 0 Å². The van der Waals surface area contributed by atoms with Gasteiger partial charge in [0.15, 0.2) is 0 Å². The van der Waals surface area contributed by atoms with Gasteiger partial charge in [-0.1, -0.05) is 45.9 Å². The largest absolute Gasteiger partial charge is 0.396 e. The van der Waals surface area contributed by atoms with Gasteiger partial charge < -0.3 is 5.11 Å². The fourth-order valence-electron chi connectivity index (χ4n) is 3.41. The highest BCUT2D eigenvalue weighted by Crippen LogP contribution is 2.35. The molecule has 0 aliphatic carbocycles. The SMILES string of the molecule is Cc1ccc(C(C)(C)C)cc1C(C(C)CO)N1CCCC1. The normalized spacial score (nSPS) is 19.7. The lowest BCUT2D eigenvalue weighted by molar-refractivity contribution is 0.125. The van der Waals surface area contributed by atoms with Gasteiger partial charge in [0.25, 0.3) is 0 Å². The van der Waals surface area contributed by atoms with Crippen LogP contribution in [0.2, 0.25) is 0 Å². The van der Waals surface area contributed by atoms with Gasteiger partial charge in [-0.3, -0.25) is 4.90 Å². The van der Waals surface area contributed by atoms with Crippen LogP contribution in [0.25, 0.3) is 0 Å². The van der Waals surface area contributed by atoms with Crippen LogP contribution in [-0.4, -0.2) is 29.7 Å². The molecule has 0 spiro atoms. The van der Waals surface area contributed by atoms with E-state index in [1.54, 1.807) is 0 Å². The Labute approximate surface area is 130 Å². The Morgan fingerprint density at radius 1 is 1.19 bits per heavy atom. The summed E-state index contributed by atoms with van der Waals surface area (Å²) in [6.07, 6.45) is 2.57. The van der Waals surface area contributed by atoms with Crippen molar-refractivity contribution in [3.05, 3.63) is 34.9 Å². The van der Waals surface area contributed by atoms with Crippen molar-refractivity contribution < 1.29 is 5.11 Å². The van der Waals surface area contributed by atoms with Crippen molar-refractivity contribution in [3.8, 4) is 0 Å². The molecule has 1 aliphatic rings. The van der Waals surface area contributed by atoms with Crippen molar-refractivity contribution in [1.82, 2.24) is 4.90 Å². The molecular weight excluding hydrogens is 258 g/mol. The molecule has 2 unspecified atom stereocenters. The second-order valence-corrected chi connectivity index (χ2v) is 7.67. The fraction of sp³-hybridized carbons (Fsp3) is 0.684. The number of hydrogen-bond donors (Lipinski definition) is 1. The Morgan fingerprint density at radius 2 is 1.81 bits per heavy atom. The third kappa shape index (κ3) is 3.67. The zero-order valence-electron chi connectivity index (χ0n) is 14.3. The van der Waals surface area contributed by atoms with E-state index < -0.39 is 0 Å². The average molecular weight is 289 g/mol. The maximum absolute atomic E-state index is 9.72. The lowest BCUT2D eigenvalue weighted by Crippen LogP contribution is -2.32. The number of benzene rings is 1. The smallest absolute Gasteiger partial charge is 0.0474 e. The summed E-state index contributed by atoms with van der Waals surface area (Å²) in [6.45, 7) is 13.7. The van der Waals surface area contributed by atoms with Gasteiger partial charge in [0, 0.05) is 12.6 Å². The fourth-order valence-corrected chi connectivity index (χ4v) is 3.41. The molecule has 2 heteroatoms. The summed E-state index contributed by atoms with van der Waals surface area (Å²) >= 11 is 0. The maximum atomic E-state index is 9.72. The number of aliphatic hydroxyl groups excluding tert-OH is 1. The molecule has 2 rings (SSSR count). The quantitative estimate of drug-likeness (QED) is 0.903. The van der Waals surface area contributed by atoms with Gasteiger partial charge >= 0.3 is 0 Å². The van der Waals surface area contributed by atoms with Crippen molar-refractivity contribution in [2.45, 2.75) is 58.9 Å². The number of hydrogen-bond acceptors (Lipinski definition) is 2. The van der Waals surface area contributed by atoms with E-state index >= 15 is 0 Å². The first-order valence-electron chi connectivity index (χ1n) is 8.30. The molecule has 2 atom stereocenters. The molecule has 1 aromatic carbocycles. The van der Waals surface area contributed by atoms with Gasteiger partial charge in [-0.25, -0.2) is 0 Å². The number of nitrogens with zero attached hydrogens (tertiary/aromatic N) is 1. The lowest BCUT2D eigenvalue weighted by Gasteiger charge is -2.34. The predicted molar refractivity (Wildman–Crippen MR) is 89.7 cm³/mol. The summed E-state index contributed by atoms with van der Waals surface area (Å²) in [5, 5.41) is 9.72. The van der Waals surface area contributed by atoms with E-state index in [-0.39, 0.29) is 17.9 Å². The van der Waals surface area contributed by atoms with Gasteiger partial charge in [0.2, 0.25) is 0 Å². The summed E-state index contributed by atoms with van der Waals surface area (Å²) in [5.74, 6) is 0.275. The van der Waals surface area contributed by atoms with E-state index in [9.17, 15) is 5.11 Å². The number of rotatable bonds is 4. The van der Waals surface area contributed by atoms with Crippen LogP contribution >= 0.6 is 0 Å². The molecule has 21 heavy (non-hydrogen) atoms. The molecule has 1 aromatic rings. The second kappa shape index (κ2) is 6.50. The Balaban J connectivity index is 2.43. The number of likely N-dealkylation sites (tertiary alicyclic amines) is 1. The van der Waals surface area contributed by atoms with Crippen molar-refractivity contribution in [2.24, 2.45) is 5.92 Å². The molecule has 0 aromatic heterocycles. The number of aliphatic hydroxyl groups is 1. The van der Waals surface area contributed by atoms with Gasteiger partial charge in [0.05, 0.1) is 0 Å². The topological polar surface area (TPSA) is 23.5 Å². The van der Waals surface area contributed by atoms with Crippen LogP contribution in [0.4, 0.5) is 0 Å². The Kier molecular flexibility index (Phi) is 5.11. The molecule has 0 amide bonds. The summed E-state index contributed by atoms with van der Waals surface area (Å²) in [7, 11) is 0. The monoisotopic (exact) mass is 289 g/mol. The van der Waals surface area contributed by atoms with Crippen LogP contribution in [0.3, 0.4) is 0 Å². The molecule has 0 saturated carbocycles. The molecule has 1 saturated heterocycles. The molecular formula is C19H31NO. The van der Waals surface area contributed by atoms with E-state index in [1.165, 1.54) is 29.5 Å². The minimum atomic E-state index is 0.167. The lowest BCUT2D eigenvalue weighted by atomic mass is 9.82. The number of aryl methyl sites for hydroxylation is 1. The average Bonchev–Trinajstić information content (AvgIpc) is 2.93. The molecule has 1 fully saturated rings. The van der Waals surface area contributed by atoms with Gasteiger partial charge in [-0.15, -0.1) is 0 Å². The molecule has 1 heterocycles. The van der Waals surface area contributed by atoms with Gasteiger partial charge in [-0.2, -0.15) is 0 Å². The van der Waals surface area contributed by atoms with Gasteiger partial charge in [0.1, 0.15) is 0 Å². The van der Waals surface area contributed by atoms with Gasteiger partial charge in [-0.05, 0) is 60.9 Å². The second-order valence-electron chi connectivity index (χ2n) is 7.67. The Bertz CT molecular complexity index is 469. The molecule has 0 bridgehead atoms. The molecule has 0 radical (unpaired) electrons. The maximum Gasteiger partial charge on any atom is 0.0474 e. The third-order valence-electron chi connectivity index (χ3n) is 4.82. The predicted octanol–water partition coefficient (Wildman–Crippen LogP) is 4.06. The highest BCUT2D eigenvalue weighted by molar-refractivity contribution is 5.37. The van der Waals surface area contributed by atoms with Crippen LogP contribution in [0, 0.1) is 12.8 Å². The Hall–Kier alpha value is -0.860. The summed E-state index contributed by atoms with van der Waals surface area (Å²) in [4.78, 5) is 2.57. The molecule has 2 nitrogen and oxygen atoms in total. The zero-order chi connectivity index (χ0) is 15.6.